The number of ether oxygens (including phenoxy) is 2. The fourth-order valence-electron chi connectivity index (χ4n) is 3.59. The number of benzene rings is 2. The van der Waals surface area contributed by atoms with Gasteiger partial charge in [-0.2, -0.15) is 0 Å². The Balaban J connectivity index is 1.30. The van der Waals surface area contributed by atoms with Crippen molar-refractivity contribution in [2.24, 2.45) is 0 Å². The van der Waals surface area contributed by atoms with E-state index in [0.717, 1.165) is 28.3 Å². The van der Waals surface area contributed by atoms with Crippen LogP contribution in [-0.4, -0.2) is 37.7 Å². The zero-order chi connectivity index (χ0) is 23.3. The summed E-state index contributed by atoms with van der Waals surface area (Å²) in [5.41, 5.74) is 2.99. The van der Waals surface area contributed by atoms with Gasteiger partial charge in [0.25, 0.3) is 0 Å². The van der Waals surface area contributed by atoms with Gasteiger partial charge >= 0.3 is 0 Å². The lowest BCUT2D eigenvalue weighted by molar-refractivity contribution is -0.120. The fraction of sp³-hybridized carbons (Fsp3) is 0.200. The normalized spacial score (nSPS) is 13.0. The molecule has 3 heterocycles. The van der Waals surface area contributed by atoms with Gasteiger partial charge < -0.3 is 14.8 Å². The molecule has 2 aromatic carbocycles. The van der Waals surface area contributed by atoms with E-state index < -0.39 is 0 Å². The van der Waals surface area contributed by atoms with Crippen molar-refractivity contribution in [1.29, 1.82) is 0 Å². The molecule has 1 amide bonds. The molecule has 0 saturated heterocycles. The zero-order valence-electron chi connectivity index (χ0n) is 18.5. The van der Waals surface area contributed by atoms with Crippen molar-refractivity contribution >= 4 is 17.7 Å². The molecule has 0 bridgehead atoms. The lowest BCUT2D eigenvalue weighted by atomic mass is 10.2. The number of amides is 1. The van der Waals surface area contributed by atoms with Crippen molar-refractivity contribution in [2.45, 2.75) is 30.4 Å². The molecule has 1 atom stereocenters. The Kier molecular flexibility index (Phi) is 6.44. The second kappa shape index (κ2) is 9.96. The van der Waals surface area contributed by atoms with Crippen LogP contribution in [0.1, 0.15) is 18.1 Å². The maximum absolute atomic E-state index is 12.8. The zero-order valence-corrected chi connectivity index (χ0v) is 19.4. The number of thioether (sulfide) groups is 1. The summed E-state index contributed by atoms with van der Waals surface area (Å²) >= 11 is 1.39. The van der Waals surface area contributed by atoms with Crippen LogP contribution in [-0.2, 0) is 17.9 Å². The van der Waals surface area contributed by atoms with E-state index in [-0.39, 0.29) is 18.0 Å². The quantitative estimate of drug-likeness (QED) is 0.388. The predicted molar refractivity (Wildman–Crippen MR) is 129 cm³/mol. The average molecular weight is 474 g/mol. The molecule has 0 saturated carbocycles. The van der Waals surface area contributed by atoms with Crippen LogP contribution in [0.5, 0.6) is 11.5 Å². The van der Waals surface area contributed by atoms with Crippen molar-refractivity contribution in [2.75, 3.05) is 6.79 Å². The largest absolute Gasteiger partial charge is 0.454 e. The third-order valence-corrected chi connectivity index (χ3v) is 6.47. The number of pyridine rings is 1. The van der Waals surface area contributed by atoms with Gasteiger partial charge in [-0.15, -0.1) is 10.2 Å². The van der Waals surface area contributed by atoms with Crippen molar-refractivity contribution in [1.82, 2.24) is 25.1 Å². The van der Waals surface area contributed by atoms with E-state index in [2.05, 4.69) is 32.6 Å². The Morgan fingerprint density at radius 2 is 1.82 bits per heavy atom. The molecule has 1 aliphatic heterocycles. The lowest BCUT2D eigenvalue weighted by Gasteiger charge is -2.14. The first kappa shape index (κ1) is 22.0. The molecule has 5 rings (SSSR count). The molecule has 0 unspecified atom stereocenters. The molecule has 8 nitrogen and oxygen atoms in total. The molecule has 2 aromatic heterocycles. The van der Waals surface area contributed by atoms with Gasteiger partial charge in [-0.1, -0.05) is 48.2 Å². The molecule has 0 radical (unpaired) electrons. The summed E-state index contributed by atoms with van der Waals surface area (Å²) in [6.07, 6.45) is 3.46. The minimum absolute atomic E-state index is 0.0811. The highest BCUT2D eigenvalue weighted by molar-refractivity contribution is 8.00. The predicted octanol–water partition coefficient (Wildman–Crippen LogP) is 3.91. The SMILES string of the molecule is C[C@H](Sc1nnc(-c2ccncc2)n1Cc1ccccc1)C(=O)NCc1ccc2c(c1)OCO2. The Hall–Kier alpha value is -3.85. The number of carbonyl (C=O) groups excluding carboxylic acids is 1. The van der Waals surface area contributed by atoms with Gasteiger partial charge in [-0.05, 0) is 42.3 Å². The standard InChI is InChI=1S/C25H23N5O3S/c1-17(24(31)27-14-19-7-8-21-22(13-19)33-16-32-21)34-25-29-28-23(20-9-11-26-12-10-20)30(25)15-18-5-3-2-4-6-18/h2-13,17H,14-16H2,1H3,(H,27,31)/t17-/m0/s1. The minimum Gasteiger partial charge on any atom is -0.454 e. The Morgan fingerprint density at radius 1 is 1.03 bits per heavy atom. The maximum atomic E-state index is 12.8. The van der Waals surface area contributed by atoms with E-state index >= 15 is 0 Å². The van der Waals surface area contributed by atoms with Crippen LogP contribution in [0.4, 0.5) is 0 Å². The van der Waals surface area contributed by atoms with Gasteiger partial charge in [0.05, 0.1) is 11.8 Å². The number of fused-ring (bicyclic) bond motifs is 1. The van der Waals surface area contributed by atoms with Crippen LogP contribution in [0.2, 0.25) is 0 Å². The first-order valence-electron chi connectivity index (χ1n) is 10.9. The average Bonchev–Trinajstić information content (AvgIpc) is 3.50. The van der Waals surface area contributed by atoms with Crippen molar-refractivity contribution in [3.8, 4) is 22.9 Å². The Morgan fingerprint density at radius 3 is 2.65 bits per heavy atom. The second-order valence-electron chi connectivity index (χ2n) is 7.78. The number of nitrogens with one attached hydrogen (secondary N) is 1. The number of hydrogen-bond acceptors (Lipinski definition) is 7. The van der Waals surface area contributed by atoms with Gasteiger partial charge in [0.1, 0.15) is 0 Å². The highest BCUT2D eigenvalue weighted by Crippen LogP contribution is 2.32. The summed E-state index contributed by atoms with van der Waals surface area (Å²) in [5, 5.41) is 12.2. The Bertz CT molecular complexity index is 1280. The summed E-state index contributed by atoms with van der Waals surface area (Å²) in [7, 11) is 0. The van der Waals surface area contributed by atoms with Gasteiger partial charge in [-0.3, -0.25) is 14.3 Å². The minimum atomic E-state index is -0.363. The summed E-state index contributed by atoms with van der Waals surface area (Å²) < 4.78 is 12.8. The molecule has 1 aliphatic rings. The smallest absolute Gasteiger partial charge is 0.233 e. The second-order valence-corrected chi connectivity index (χ2v) is 9.09. The summed E-state index contributed by atoms with van der Waals surface area (Å²) in [5.74, 6) is 2.08. The van der Waals surface area contributed by atoms with Crippen LogP contribution < -0.4 is 14.8 Å². The van der Waals surface area contributed by atoms with Gasteiger partial charge in [-0.25, -0.2) is 0 Å². The number of hydrogen-bond donors (Lipinski definition) is 1. The van der Waals surface area contributed by atoms with Gasteiger partial charge in [0.2, 0.25) is 12.7 Å². The first-order valence-corrected chi connectivity index (χ1v) is 11.8. The molecular weight excluding hydrogens is 450 g/mol. The number of aromatic nitrogens is 4. The summed E-state index contributed by atoms with van der Waals surface area (Å²) in [6, 6.07) is 19.6. The molecule has 1 N–H and O–H groups in total. The van der Waals surface area contributed by atoms with Gasteiger partial charge in [0.15, 0.2) is 22.5 Å². The van der Waals surface area contributed by atoms with Crippen LogP contribution in [0.15, 0.2) is 78.2 Å². The molecule has 34 heavy (non-hydrogen) atoms. The maximum Gasteiger partial charge on any atom is 0.233 e. The van der Waals surface area contributed by atoms with E-state index in [4.69, 9.17) is 9.47 Å². The number of rotatable bonds is 8. The monoisotopic (exact) mass is 473 g/mol. The molecule has 172 valence electrons. The molecule has 0 fully saturated rings. The van der Waals surface area contributed by atoms with E-state index in [1.54, 1.807) is 12.4 Å². The highest BCUT2D eigenvalue weighted by atomic mass is 32.2. The third-order valence-electron chi connectivity index (χ3n) is 5.39. The van der Waals surface area contributed by atoms with Crippen LogP contribution in [0, 0.1) is 0 Å². The number of carbonyl (C=O) groups is 1. The molecule has 9 heteroatoms. The van der Waals surface area contributed by atoms with E-state index in [1.165, 1.54) is 11.8 Å². The summed E-state index contributed by atoms with van der Waals surface area (Å²) in [6.45, 7) is 3.09. The summed E-state index contributed by atoms with van der Waals surface area (Å²) in [4.78, 5) is 16.9. The first-order chi connectivity index (χ1) is 16.7. The molecular formula is C25H23N5O3S. The Labute approximate surface area is 201 Å². The van der Waals surface area contributed by atoms with Crippen molar-refractivity contribution in [3.05, 3.63) is 84.2 Å². The van der Waals surface area contributed by atoms with Crippen molar-refractivity contribution in [3.63, 3.8) is 0 Å². The van der Waals surface area contributed by atoms with Crippen molar-refractivity contribution < 1.29 is 14.3 Å². The third kappa shape index (κ3) is 4.89. The number of nitrogens with zero attached hydrogens (tertiary/aromatic N) is 4. The topological polar surface area (TPSA) is 91.2 Å². The van der Waals surface area contributed by atoms with E-state index in [1.807, 2.05) is 60.0 Å². The van der Waals surface area contributed by atoms with Crippen LogP contribution >= 0.6 is 11.8 Å². The van der Waals surface area contributed by atoms with Crippen LogP contribution in [0.25, 0.3) is 11.4 Å². The molecule has 0 aliphatic carbocycles. The lowest BCUT2D eigenvalue weighted by Crippen LogP contribution is -2.30. The molecule has 4 aromatic rings. The van der Waals surface area contributed by atoms with E-state index in [9.17, 15) is 4.79 Å². The van der Waals surface area contributed by atoms with Crippen LogP contribution in [0.3, 0.4) is 0 Å². The van der Waals surface area contributed by atoms with Gasteiger partial charge in [0, 0.05) is 24.5 Å². The fourth-order valence-corrected chi connectivity index (χ4v) is 4.47. The molecule has 0 spiro atoms. The van der Waals surface area contributed by atoms with E-state index in [0.29, 0.717) is 24.0 Å². The highest BCUT2D eigenvalue weighted by Gasteiger charge is 2.21.